The first-order valence-corrected chi connectivity index (χ1v) is 11.7. The van der Waals surface area contributed by atoms with Gasteiger partial charge < -0.3 is 19.7 Å². The van der Waals surface area contributed by atoms with E-state index in [1.54, 1.807) is 12.1 Å². The number of nitrogens with zero attached hydrogens (tertiary/aromatic N) is 3. The molecule has 0 bridgehead atoms. The Morgan fingerprint density at radius 2 is 1.64 bits per heavy atom. The third-order valence-corrected chi connectivity index (χ3v) is 6.67. The number of halogens is 1. The molecule has 1 aliphatic heterocycles. The van der Waals surface area contributed by atoms with Crippen LogP contribution in [0.25, 0.3) is 0 Å². The van der Waals surface area contributed by atoms with E-state index in [1.165, 1.54) is 6.07 Å². The van der Waals surface area contributed by atoms with Crippen LogP contribution in [0.1, 0.15) is 39.8 Å². The molecule has 0 unspecified atom stereocenters. The first-order chi connectivity index (χ1) is 15.9. The minimum absolute atomic E-state index is 0.172. The summed E-state index contributed by atoms with van der Waals surface area (Å²) < 4.78 is 16.5. The standard InChI is InChI=1S/C27H33FN4O/c1-5-30-14-16-31(17-15-30)25-20(3)26(27(33)29-23-12-10-19(2)11-13-23)32(21(25)4)18-22-8-6-7-9-24(22)28/h6-13H,5,14-18H2,1-4H3,(H,29,33). The highest BCUT2D eigenvalue weighted by atomic mass is 19.1. The Bertz CT molecular complexity index is 1130. The lowest BCUT2D eigenvalue weighted by atomic mass is 10.1. The monoisotopic (exact) mass is 448 g/mol. The third kappa shape index (κ3) is 4.81. The maximum atomic E-state index is 14.5. The Morgan fingerprint density at radius 1 is 0.970 bits per heavy atom. The number of amides is 1. The summed E-state index contributed by atoms with van der Waals surface area (Å²) in [4.78, 5) is 18.3. The number of aromatic nitrogens is 1. The van der Waals surface area contributed by atoms with Crippen LogP contribution in [-0.2, 0) is 6.54 Å². The first kappa shape index (κ1) is 23.1. The van der Waals surface area contributed by atoms with Crippen LogP contribution >= 0.6 is 0 Å². The van der Waals surface area contributed by atoms with E-state index in [1.807, 2.05) is 55.7 Å². The second-order valence-corrected chi connectivity index (χ2v) is 8.83. The summed E-state index contributed by atoms with van der Waals surface area (Å²) in [6.45, 7) is 13.4. The summed E-state index contributed by atoms with van der Waals surface area (Å²) in [5, 5.41) is 3.05. The maximum absolute atomic E-state index is 14.5. The van der Waals surface area contributed by atoms with Gasteiger partial charge in [-0.05, 0) is 45.5 Å². The Morgan fingerprint density at radius 3 is 2.27 bits per heavy atom. The molecule has 1 amide bonds. The second-order valence-electron chi connectivity index (χ2n) is 8.83. The Kier molecular flexibility index (Phi) is 6.84. The molecule has 0 aliphatic carbocycles. The zero-order valence-corrected chi connectivity index (χ0v) is 20.0. The fourth-order valence-corrected chi connectivity index (χ4v) is 4.75. The molecule has 0 saturated carbocycles. The topological polar surface area (TPSA) is 40.5 Å². The predicted octanol–water partition coefficient (Wildman–Crippen LogP) is 4.99. The third-order valence-electron chi connectivity index (χ3n) is 6.67. The number of anilines is 2. The zero-order chi connectivity index (χ0) is 23.5. The van der Waals surface area contributed by atoms with Gasteiger partial charge in [0.15, 0.2) is 0 Å². The zero-order valence-electron chi connectivity index (χ0n) is 20.0. The highest BCUT2D eigenvalue weighted by Crippen LogP contribution is 2.33. The fraction of sp³-hybridized carbons (Fsp3) is 0.370. The molecule has 2 aromatic carbocycles. The predicted molar refractivity (Wildman–Crippen MR) is 133 cm³/mol. The molecule has 174 valence electrons. The molecular weight excluding hydrogens is 415 g/mol. The summed E-state index contributed by atoms with van der Waals surface area (Å²) in [6, 6.07) is 14.5. The van der Waals surface area contributed by atoms with Gasteiger partial charge in [-0.25, -0.2) is 4.39 Å². The van der Waals surface area contributed by atoms with Gasteiger partial charge in [0.2, 0.25) is 0 Å². The fourth-order valence-electron chi connectivity index (χ4n) is 4.75. The molecule has 1 N–H and O–H groups in total. The van der Waals surface area contributed by atoms with Crippen LogP contribution in [0.4, 0.5) is 15.8 Å². The summed E-state index contributed by atoms with van der Waals surface area (Å²) in [7, 11) is 0. The Balaban J connectivity index is 1.73. The average molecular weight is 449 g/mol. The summed E-state index contributed by atoms with van der Waals surface area (Å²) in [5.41, 5.74) is 6.08. The average Bonchev–Trinajstić information content (AvgIpc) is 3.06. The van der Waals surface area contributed by atoms with Gasteiger partial charge in [0, 0.05) is 48.7 Å². The van der Waals surface area contributed by atoms with E-state index in [-0.39, 0.29) is 11.7 Å². The SMILES string of the molecule is CCN1CCN(c2c(C)c(C(=O)Nc3ccc(C)cc3)n(Cc3ccccc3F)c2C)CC1. The van der Waals surface area contributed by atoms with E-state index >= 15 is 0 Å². The first-order valence-electron chi connectivity index (χ1n) is 11.7. The van der Waals surface area contributed by atoms with Crippen LogP contribution < -0.4 is 10.2 Å². The molecular formula is C27H33FN4O. The molecule has 5 nitrogen and oxygen atoms in total. The van der Waals surface area contributed by atoms with Crippen molar-refractivity contribution in [2.24, 2.45) is 0 Å². The highest BCUT2D eigenvalue weighted by molar-refractivity contribution is 6.05. The highest BCUT2D eigenvalue weighted by Gasteiger charge is 2.28. The number of hydrogen-bond donors (Lipinski definition) is 1. The molecule has 1 fully saturated rings. The number of benzene rings is 2. The quantitative estimate of drug-likeness (QED) is 0.577. The van der Waals surface area contributed by atoms with Gasteiger partial charge in [-0.1, -0.05) is 42.8 Å². The van der Waals surface area contributed by atoms with E-state index < -0.39 is 0 Å². The van der Waals surface area contributed by atoms with Gasteiger partial charge in [-0.2, -0.15) is 0 Å². The molecule has 0 spiro atoms. The van der Waals surface area contributed by atoms with Crippen LogP contribution in [0.5, 0.6) is 0 Å². The lowest BCUT2D eigenvalue weighted by molar-refractivity contribution is 0.101. The largest absolute Gasteiger partial charge is 0.367 e. The molecule has 3 aromatic rings. The number of aryl methyl sites for hydroxylation is 1. The number of rotatable bonds is 6. The van der Waals surface area contributed by atoms with Crippen LogP contribution in [-0.4, -0.2) is 48.1 Å². The molecule has 6 heteroatoms. The number of nitrogens with one attached hydrogen (secondary N) is 1. The van der Waals surface area contributed by atoms with E-state index in [2.05, 4.69) is 22.0 Å². The lowest BCUT2D eigenvalue weighted by Crippen LogP contribution is -2.46. The number of hydrogen-bond acceptors (Lipinski definition) is 3. The molecule has 0 atom stereocenters. The number of piperazine rings is 1. The Labute approximate surface area is 195 Å². The van der Waals surface area contributed by atoms with Gasteiger partial charge in [0.05, 0.1) is 12.2 Å². The van der Waals surface area contributed by atoms with Gasteiger partial charge in [0.25, 0.3) is 5.91 Å². The molecule has 1 saturated heterocycles. The van der Waals surface area contributed by atoms with Crippen molar-refractivity contribution in [2.75, 3.05) is 42.9 Å². The number of carbonyl (C=O) groups excluding carboxylic acids is 1. The minimum atomic E-state index is -0.258. The molecule has 0 radical (unpaired) electrons. The molecule has 1 aliphatic rings. The van der Waals surface area contributed by atoms with Gasteiger partial charge in [-0.15, -0.1) is 0 Å². The molecule has 1 aromatic heterocycles. The van der Waals surface area contributed by atoms with Crippen molar-refractivity contribution in [3.8, 4) is 0 Å². The van der Waals surface area contributed by atoms with Crippen molar-refractivity contribution in [3.05, 3.63) is 82.4 Å². The molecule has 33 heavy (non-hydrogen) atoms. The second kappa shape index (κ2) is 9.79. The van der Waals surface area contributed by atoms with Crippen LogP contribution in [0.3, 0.4) is 0 Å². The molecule has 4 rings (SSSR count). The van der Waals surface area contributed by atoms with E-state index in [9.17, 15) is 9.18 Å². The number of likely N-dealkylation sites (N-methyl/N-ethyl adjacent to an activating group) is 1. The van der Waals surface area contributed by atoms with E-state index in [4.69, 9.17) is 0 Å². The van der Waals surface area contributed by atoms with Crippen molar-refractivity contribution in [2.45, 2.75) is 34.2 Å². The Hall–Kier alpha value is -3.12. The van der Waals surface area contributed by atoms with Crippen molar-refractivity contribution in [3.63, 3.8) is 0 Å². The summed E-state index contributed by atoms with van der Waals surface area (Å²) in [6.07, 6.45) is 0. The normalized spacial score (nSPS) is 14.5. The van der Waals surface area contributed by atoms with Crippen LogP contribution in [0.15, 0.2) is 48.5 Å². The van der Waals surface area contributed by atoms with Crippen LogP contribution in [0, 0.1) is 26.6 Å². The lowest BCUT2D eigenvalue weighted by Gasteiger charge is -2.36. The number of carbonyl (C=O) groups is 1. The van der Waals surface area contributed by atoms with Crippen molar-refractivity contribution < 1.29 is 9.18 Å². The van der Waals surface area contributed by atoms with Crippen molar-refractivity contribution in [1.29, 1.82) is 0 Å². The smallest absolute Gasteiger partial charge is 0.272 e. The van der Waals surface area contributed by atoms with E-state index in [0.29, 0.717) is 17.8 Å². The van der Waals surface area contributed by atoms with Crippen molar-refractivity contribution >= 4 is 17.3 Å². The summed E-state index contributed by atoms with van der Waals surface area (Å²) in [5.74, 6) is -0.430. The van der Waals surface area contributed by atoms with Gasteiger partial charge in [0.1, 0.15) is 11.5 Å². The van der Waals surface area contributed by atoms with Crippen molar-refractivity contribution in [1.82, 2.24) is 9.47 Å². The van der Waals surface area contributed by atoms with E-state index in [0.717, 1.165) is 60.9 Å². The van der Waals surface area contributed by atoms with Gasteiger partial charge >= 0.3 is 0 Å². The maximum Gasteiger partial charge on any atom is 0.272 e. The summed E-state index contributed by atoms with van der Waals surface area (Å²) >= 11 is 0. The van der Waals surface area contributed by atoms with Gasteiger partial charge in [-0.3, -0.25) is 4.79 Å². The van der Waals surface area contributed by atoms with Crippen LogP contribution in [0.2, 0.25) is 0 Å². The minimum Gasteiger partial charge on any atom is -0.367 e. The molecule has 2 heterocycles.